The second kappa shape index (κ2) is 6.83. The highest BCUT2D eigenvalue weighted by Crippen LogP contribution is 2.20. The zero-order valence-electron chi connectivity index (χ0n) is 12.6. The van der Waals surface area contributed by atoms with E-state index >= 15 is 0 Å². The molecule has 1 amide bonds. The van der Waals surface area contributed by atoms with Crippen LogP contribution in [0.2, 0.25) is 5.02 Å². The third-order valence-corrected chi connectivity index (χ3v) is 4.11. The van der Waals surface area contributed by atoms with Gasteiger partial charge in [0, 0.05) is 49.2 Å². The lowest BCUT2D eigenvalue weighted by molar-refractivity contribution is -0.132. The lowest BCUT2D eigenvalue weighted by Crippen LogP contribution is -2.50. The zero-order valence-corrected chi connectivity index (χ0v) is 13.3. The summed E-state index contributed by atoms with van der Waals surface area (Å²) in [6, 6.07) is 10.7. The summed E-state index contributed by atoms with van der Waals surface area (Å²) >= 11 is 6.02. The van der Waals surface area contributed by atoms with Crippen LogP contribution in [0.25, 0.3) is 0 Å². The van der Waals surface area contributed by atoms with Crippen molar-refractivity contribution in [2.75, 3.05) is 31.1 Å². The molecule has 0 spiro atoms. The Morgan fingerprint density at radius 2 is 1.91 bits per heavy atom. The fraction of sp³-hybridized carbons (Fsp3) is 0.312. The molecule has 3 rings (SSSR count). The highest BCUT2D eigenvalue weighted by Gasteiger charge is 2.21. The van der Waals surface area contributed by atoms with Crippen molar-refractivity contribution in [2.24, 2.45) is 0 Å². The SMILES string of the molecule is O=C(Cn1ncccc1=O)N1CCN(c2cccc(Cl)c2)CC1. The van der Waals surface area contributed by atoms with Gasteiger partial charge in [-0.05, 0) is 24.3 Å². The molecule has 1 fully saturated rings. The molecule has 1 aliphatic heterocycles. The number of nitrogens with zero attached hydrogens (tertiary/aromatic N) is 4. The van der Waals surface area contributed by atoms with Gasteiger partial charge in [-0.1, -0.05) is 17.7 Å². The lowest BCUT2D eigenvalue weighted by atomic mass is 10.2. The van der Waals surface area contributed by atoms with Crippen molar-refractivity contribution >= 4 is 23.2 Å². The lowest BCUT2D eigenvalue weighted by Gasteiger charge is -2.36. The number of aromatic nitrogens is 2. The summed E-state index contributed by atoms with van der Waals surface area (Å²) in [7, 11) is 0. The van der Waals surface area contributed by atoms with Crippen LogP contribution in [-0.4, -0.2) is 46.8 Å². The molecule has 0 bridgehead atoms. The standard InChI is InChI=1S/C16H17ClN4O2/c17-13-3-1-4-14(11-13)19-7-9-20(10-8-19)16(23)12-21-15(22)5-2-6-18-21/h1-6,11H,7-10,12H2. The summed E-state index contributed by atoms with van der Waals surface area (Å²) in [5.41, 5.74) is 0.795. The first-order valence-electron chi connectivity index (χ1n) is 7.44. The summed E-state index contributed by atoms with van der Waals surface area (Å²) in [6.07, 6.45) is 1.51. The Labute approximate surface area is 138 Å². The third kappa shape index (κ3) is 3.71. The molecule has 120 valence electrons. The van der Waals surface area contributed by atoms with Crippen molar-refractivity contribution in [3.63, 3.8) is 0 Å². The van der Waals surface area contributed by atoms with E-state index in [1.54, 1.807) is 11.0 Å². The van der Waals surface area contributed by atoms with E-state index in [4.69, 9.17) is 11.6 Å². The van der Waals surface area contributed by atoms with Crippen LogP contribution in [0.3, 0.4) is 0 Å². The number of halogens is 1. The Morgan fingerprint density at radius 1 is 1.13 bits per heavy atom. The van der Waals surface area contributed by atoms with E-state index in [0.29, 0.717) is 18.1 Å². The predicted octanol–water partition coefficient (Wildman–Crippen LogP) is 1.25. The van der Waals surface area contributed by atoms with Crippen LogP contribution in [0.4, 0.5) is 5.69 Å². The highest BCUT2D eigenvalue weighted by atomic mass is 35.5. The molecule has 7 heteroatoms. The van der Waals surface area contributed by atoms with Crippen LogP contribution in [0.15, 0.2) is 47.4 Å². The minimum atomic E-state index is -0.265. The van der Waals surface area contributed by atoms with Gasteiger partial charge in [-0.15, -0.1) is 0 Å². The van der Waals surface area contributed by atoms with Crippen LogP contribution >= 0.6 is 11.6 Å². The second-order valence-electron chi connectivity index (χ2n) is 5.37. The van der Waals surface area contributed by atoms with Crippen molar-refractivity contribution in [2.45, 2.75) is 6.54 Å². The molecular formula is C16H17ClN4O2. The first kappa shape index (κ1) is 15.6. The molecule has 0 aliphatic carbocycles. The number of piperazine rings is 1. The number of amides is 1. The monoisotopic (exact) mass is 332 g/mol. The second-order valence-corrected chi connectivity index (χ2v) is 5.80. The Bertz CT molecular complexity index is 753. The Kier molecular flexibility index (Phi) is 4.62. The number of carbonyl (C=O) groups is 1. The van der Waals surface area contributed by atoms with Crippen LogP contribution in [-0.2, 0) is 11.3 Å². The number of hydrogen-bond acceptors (Lipinski definition) is 4. The molecule has 1 saturated heterocycles. The van der Waals surface area contributed by atoms with E-state index in [2.05, 4.69) is 10.00 Å². The maximum Gasteiger partial charge on any atom is 0.267 e. The fourth-order valence-corrected chi connectivity index (χ4v) is 2.81. The van der Waals surface area contributed by atoms with E-state index in [-0.39, 0.29) is 18.0 Å². The summed E-state index contributed by atoms with van der Waals surface area (Å²) in [6.45, 7) is 2.70. The van der Waals surface area contributed by atoms with Gasteiger partial charge in [0.2, 0.25) is 5.91 Å². The largest absolute Gasteiger partial charge is 0.368 e. The fourth-order valence-electron chi connectivity index (χ4n) is 2.62. The molecule has 2 aromatic rings. The minimum absolute atomic E-state index is 0.0170. The molecule has 1 aliphatic rings. The van der Waals surface area contributed by atoms with Crippen LogP contribution in [0, 0.1) is 0 Å². The minimum Gasteiger partial charge on any atom is -0.368 e. The van der Waals surface area contributed by atoms with Crippen LogP contribution in [0.1, 0.15) is 0 Å². The summed E-state index contributed by atoms with van der Waals surface area (Å²) < 4.78 is 1.19. The molecule has 0 unspecified atom stereocenters. The molecule has 2 heterocycles. The Hall–Kier alpha value is -2.34. The average molecular weight is 333 g/mol. The smallest absolute Gasteiger partial charge is 0.267 e. The van der Waals surface area contributed by atoms with Gasteiger partial charge in [0.25, 0.3) is 5.56 Å². The number of carbonyl (C=O) groups excluding carboxylic acids is 1. The van der Waals surface area contributed by atoms with Gasteiger partial charge >= 0.3 is 0 Å². The van der Waals surface area contributed by atoms with Crippen LogP contribution in [0.5, 0.6) is 0 Å². The van der Waals surface area contributed by atoms with E-state index in [9.17, 15) is 9.59 Å². The van der Waals surface area contributed by atoms with E-state index < -0.39 is 0 Å². The van der Waals surface area contributed by atoms with Crippen molar-refractivity contribution in [3.8, 4) is 0 Å². The van der Waals surface area contributed by atoms with Gasteiger partial charge in [-0.2, -0.15) is 5.10 Å². The summed E-state index contributed by atoms with van der Waals surface area (Å²) in [5.74, 6) is -0.0865. The molecule has 0 N–H and O–H groups in total. The highest BCUT2D eigenvalue weighted by molar-refractivity contribution is 6.30. The first-order chi connectivity index (χ1) is 11.1. The molecule has 23 heavy (non-hydrogen) atoms. The van der Waals surface area contributed by atoms with Gasteiger partial charge < -0.3 is 9.80 Å². The van der Waals surface area contributed by atoms with Crippen molar-refractivity contribution in [1.29, 1.82) is 0 Å². The molecule has 0 saturated carbocycles. The average Bonchev–Trinajstić information content (AvgIpc) is 2.57. The normalized spacial score (nSPS) is 14.8. The molecular weight excluding hydrogens is 316 g/mol. The van der Waals surface area contributed by atoms with Gasteiger partial charge in [-0.3, -0.25) is 9.59 Å². The van der Waals surface area contributed by atoms with Gasteiger partial charge in [-0.25, -0.2) is 4.68 Å². The van der Waals surface area contributed by atoms with Gasteiger partial charge in [0.1, 0.15) is 6.54 Å². The Balaban J connectivity index is 1.59. The van der Waals surface area contributed by atoms with Crippen molar-refractivity contribution < 1.29 is 4.79 Å². The number of hydrogen-bond donors (Lipinski definition) is 0. The quantitative estimate of drug-likeness (QED) is 0.848. The number of anilines is 1. The number of rotatable bonds is 3. The number of benzene rings is 1. The molecule has 1 aromatic carbocycles. The van der Waals surface area contributed by atoms with Gasteiger partial charge in [0.15, 0.2) is 0 Å². The molecule has 6 nitrogen and oxygen atoms in total. The van der Waals surface area contributed by atoms with Crippen LogP contribution < -0.4 is 10.5 Å². The summed E-state index contributed by atoms with van der Waals surface area (Å²) in [5, 5.41) is 4.62. The Morgan fingerprint density at radius 3 is 2.61 bits per heavy atom. The van der Waals surface area contributed by atoms with Crippen molar-refractivity contribution in [1.82, 2.24) is 14.7 Å². The van der Waals surface area contributed by atoms with E-state index in [0.717, 1.165) is 18.8 Å². The molecule has 0 atom stereocenters. The first-order valence-corrected chi connectivity index (χ1v) is 7.82. The zero-order chi connectivity index (χ0) is 16.2. The predicted molar refractivity (Wildman–Crippen MR) is 88.7 cm³/mol. The molecule has 0 radical (unpaired) electrons. The van der Waals surface area contributed by atoms with E-state index in [1.807, 2.05) is 24.3 Å². The van der Waals surface area contributed by atoms with Gasteiger partial charge in [0.05, 0.1) is 0 Å². The topological polar surface area (TPSA) is 58.4 Å². The maximum absolute atomic E-state index is 12.3. The summed E-state index contributed by atoms with van der Waals surface area (Å²) in [4.78, 5) is 27.9. The van der Waals surface area contributed by atoms with E-state index in [1.165, 1.54) is 16.9 Å². The maximum atomic E-state index is 12.3. The molecule has 1 aromatic heterocycles. The van der Waals surface area contributed by atoms with Crippen molar-refractivity contribution in [3.05, 3.63) is 58.0 Å². The third-order valence-electron chi connectivity index (χ3n) is 3.88.